The molecule has 1 aliphatic carbocycles. The van der Waals surface area contributed by atoms with Crippen LogP contribution in [0.3, 0.4) is 0 Å². The summed E-state index contributed by atoms with van der Waals surface area (Å²) < 4.78 is 5.59. The van der Waals surface area contributed by atoms with Crippen molar-refractivity contribution in [1.82, 2.24) is 9.97 Å². The minimum atomic E-state index is 0.833. The van der Waals surface area contributed by atoms with Gasteiger partial charge in [-0.25, -0.2) is 4.99 Å². The van der Waals surface area contributed by atoms with Gasteiger partial charge >= 0.3 is 0 Å². The van der Waals surface area contributed by atoms with E-state index >= 15 is 0 Å². The quantitative estimate of drug-likeness (QED) is 0.724. The van der Waals surface area contributed by atoms with Crippen molar-refractivity contribution in [3.05, 3.63) is 74.6 Å². The Morgan fingerprint density at radius 2 is 1.96 bits per heavy atom. The Balaban J connectivity index is 1.64. The van der Waals surface area contributed by atoms with E-state index in [2.05, 4.69) is 34.3 Å². The second-order valence-electron chi connectivity index (χ2n) is 6.95. The Bertz CT molecular complexity index is 1170. The third kappa shape index (κ3) is 2.58. The van der Waals surface area contributed by atoms with Crippen molar-refractivity contribution in [2.45, 2.75) is 25.7 Å². The van der Waals surface area contributed by atoms with Crippen LogP contribution in [0.1, 0.15) is 29.8 Å². The van der Waals surface area contributed by atoms with Crippen molar-refractivity contribution in [2.75, 3.05) is 7.11 Å². The van der Waals surface area contributed by atoms with E-state index in [0.717, 1.165) is 44.8 Å². The number of fused-ring (bicyclic) bond motifs is 2. The van der Waals surface area contributed by atoms with Gasteiger partial charge in [0.05, 0.1) is 28.9 Å². The second kappa shape index (κ2) is 6.06. The highest BCUT2D eigenvalue weighted by molar-refractivity contribution is 5.76. The molecule has 3 aromatic rings. The minimum Gasteiger partial charge on any atom is -0.494 e. The number of hydrogen-bond acceptors (Lipinski definition) is 2. The molecule has 0 bridgehead atoms. The molecule has 26 heavy (non-hydrogen) atoms. The second-order valence-corrected chi connectivity index (χ2v) is 6.95. The Morgan fingerprint density at radius 1 is 1.08 bits per heavy atom. The van der Waals surface area contributed by atoms with Crippen molar-refractivity contribution >= 4 is 17.8 Å². The fourth-order valence-corrected chi connectivity index (χ4v) is 3.89. The third-order valence-electron chi connectivity index (χ3n) is 5.21. The van der Waals surface area contributed by atoms with E-state index in [1.807, 2.05) is 24.3 Å². The van der Waals surface area contributed by atoms with Crippen molar-refractivity contribution in [1.29, 1.82) is 0 Å². The van der Waals surface area contributed by atoms with Crippen LogP contribution in [0.15, 0.2) is 41.4 Å². The van der Waals surface area contributed by atoms with Crippen LogP contribution in [0.4, 0.5) is 0 Å². The first kappa shape index (κ1) is 15.3. The lowest BCUT2D eigenvalue weighted by atomic mass is 9.98. The number of aryl methyl sites for hydroxylation is 2. The van der Waals surface area contributed by atoms with Crippen LogP contribution in [-0.4, -0.2) is 17.1 Å². The number of rotatable bonds is 2. The number of nitrogens with zero attached hydrogens (tertiary/aromatic N) is 1. The fraction of sp³-hybridized carbons (Fsp3) is 0.227. The van der Waals surface area contributed by atoms with Gasteiger partial charge in [-0.15, -0.1) is 0 Å². The van der Waals surface area contributed by atoms with Gasteiger partial charge in [-0.3, -0.25) is 0 Å². The number of methoxy groups -OCH3 is 1. The molecule has 0 saturated heterocycles. The van der Waals surface area contributed by atoms with Crippen LogP contribution in [0.5, 0.6) is 5.75 Å². The molecule has 1 aliphatic heterocycles. The summed E-state index contributed by atoms with van der Waals surface area (Å²) in [4.78, 5) is 11.8. The first-order valence-corrected chi connectivity index (χ1v) is 9.15. The molecule has 0 saturated carbocycles. The summed E-state index contributed by atoms with van der Waals surface area (Å²) in [5, 5.41) is 4.10. The maximum absolute atomic E-state index is 5.59. The maximum Gasteiger partial charge on any atom is 0.144 e. The van der Waals surface area contributed by atoms with Crippen LogP contribution < -0.4 is 26.0 Å². The van der Waals surface area contributed by atoms with Crippen molar-refractivity contribution in [2.24, 2.45) is 4.99 Å². The summed E-state index contributed by atoms with van der Waals surface area (Å²) in [5.41, 5.74) is 4.91. The highest BCUT2D eigenvalue weighted by atomic mass is 16.5. The summed E-state index contributed by atoms with van der Waals surface area (Å²) in [6, 6.07) is 12.5. The van der Waals surface area contributed by atoms with Gasteiger partial charge in [-0.2, -0.15) is 0 Å². The van der Waals surface area contributed by atoms with Gasteiger partial charge in [0, 0.05) is 22.7 Å². The minimum absolute atomic E-state index is 0.833. The van der Waals surface area contributed by atoms with Gasteiger partial charge in [0.1, 0.15) is 5.75 Å². The van der Waals surface area contributed by atoms with Crippen LogP contribution >= 0.6 is 0 Å². The first-order valence-electron chi connectivity index (χ1n) is 9.15. The van der Waals surface area contributed by atoms with E-state index in [9.17, 15) is 0 Å². The smallest absolute Gasteiger partial charge is 0.144 e. The molecule has 4 nitrogen and oxygen atoms in total. The number of nitrogens with one attached hydrogen (secondary N) is 2. The van der Waals surface area contributed by atoms with E-state index < -0.39 is 0 Å². The molecule has 2 N–H and O–H groups in total. The number of hydrogen-bond donors (Lipinski definition) is 2. The summed E-state index contributed by atoms with van der Waals surface area (Å²) in [7, 11) is 1.71. The number of ether oxygens (including phenoxy) is 1. The monoisotopic (exact) mass is 343 g/mol. The molecule has 4 heteroatoms. The molecular formula is C22H21N3O. The van der Waals surface area contributed by atoms with Gasteiger partial charge < -0.3 is 14.7 Å². The van der Waals surface area contributed by atoms with Gasteiger partial charge in [0.15, 0.2) is 0 Å². The number of aromatic amines is 2. The zero-order valence-electron chi connectivity index (χ0n) is 14.8. The van der Waals surface area contributed by atoms with Crippen molar-refractivity contribution in [3.8, 4) is 5.75 Å². The maximum atomic E-state index is 5.59. The average molecular weight is 343 g/mol. The molecule has 2 aliphatic rings. The topological polar surface area (TPSA) is 53.2 Å². The Morgan fingerprint density at radius 3 is 2.81 bits per heavy atom. The molecule has 0 fully saturated rings. The lowest BCUT2D eigenvalue weighted by Gasteiger charge is -2.08. The molecule has 3 heterocycles. The van der Waals surface area contributed by atoms with E-state index in [4.69, 9.17) is 9.73 Å². The summed E-state index contributed by atoms with van der Waals surface area (Å²) in [6.07, 6.45) is 9.13. The SMILES string of the molecule is COc1c/c(=C2\C=c3ccccc3=N2)[nH]/c1=C\c1cc2c([nH]1)CCCC2. The molecule has 0 unspecified atom stereocenters. The normalized spacial score (nSPS) is 18.1. The molecule has 0 radical (unpaired) electrons. The lowest BCUT2D eigenvalue weighted by molar-refractivity contribution is 0.412. The molecule has 130 valence electrons. The Labute approximate surface area is 151 Å². The summed E-state index contributed by atoms with van der Waals surface area (Å²) >= 11 is 0. The molecule has 2 aromatic heterocycles. The predicted octanol–water partition coefficient (Wildman–Crippen LogP) is 1.28. The highest BCUT2D eigenvalue weighted by Gasteiger charge is 2.12. The fourth-order valence-electron chi connectivity index (χ4n) is 3.89. The van der Waals surface area contributed by atoms with Crippen LogP contribution in [0.2, 0.25) is 0 Å². The molecule has 0 spiro atoms. The summed E-state index contributed by atoms with van der Waals surface area (Å²) in [6.45, 7) is 0. The van der Waals surface area contributed by atoms with E-state index in [0.29, 0.717) is 0 Å². The molecule has 1 aromatic carbocycles. The van der Waals surface area contributed by atoms with Crippen LogP contribution in [0, 0.1) is 0 Å². The summed E-state index contributed by atoms with van der Waals surface area (Å²) in [5.74, 6) is 0.833. The predicted molar refractivity (Wildman–Crippen MR) is 103 cm³/mol. The lowest BCUT2D eigenvalue weighted by Crippen LogP contribution is -2.19. The Hall–Kier alpha value is -3.01. The highest BCUT2D eigenvalue weighted by Crippen LogP contribution is 2.21. The van der Waals surface area contributed by atoms with Gasteiger partial charge in [-0.1, -0.05) is 18.2 Å². The molecule has 5 rings (SSSR count). The van der Waals surface area contributed by atoms with Crippen LogP contribution in [0.25, 0.3) is 17.8 Å². The zero-order chi connectivity index (χ0) is 17.5. The number of H-pyrrole nitrogens is 2. The standard InChI is InChI=1S/C22H21N3O/c1-26-22-13-20(19-11-15-7-3-5-9-18(15)24-19)25-21(22)12-16-10-14-6-2-4-8-17(14)23-16/h3,5,7,9-13,23,25H,2,4,6,8H2,1H3/b20-19-,21-12-. The third-order valence-corrected chi connectivity index (χ3v) is 5.21. The van der Waals surface area contributed by atoms with E-state index in [1.165, 1.54) is 30.5 Å². The van der Waals surface area contributed by atoms with Gasteiger partial charge in [0.25, 0.3) is 0 Å². The van der Waals surface area contributed by atoms with E-state index in [-0.39, 0.29) is 0 Å². The Kier molecular flexibility index (Phi) is 3.56. The number of para-hydroxylation sites is 1. The van der Waals surface area contributed by atoms with E-state index in [1.54, 1.807) is 7.11 Å². The average Bonchev–Trinajstić information content (AvgIpc) is 3.37. The largest absolute Gasteiger partial charge is 0.494 e. The number of benzene rings is 1. The zero-order valence-corrected chi connectivity index (χ0v) is 14.8. The van der Waals surface area contributed by atoms with Gasteiger partial charge in [-0.05, 0) is 55.5 Å². The molecular weight excluding hydrogens is 322 g/mol. The first-order chi connectivity index (χ1) is 12.8. The number of aromatic nitrogens is 2. The van der Waals surface area contributed by atoms with Crippen molar-refractivity contribution < 1.29 is 4.74 Å². The molecule has 0 atom stereocenters. The van der Waals surface area contributed by atoms with Crippen molar-refractivity contribution in [3.63, 3.8) is 0 Å². The molecule has 0 amide bonds. The van der Waals surface area contributed by atoms with Crippen LogP contribution in [-0.2, 0) is 12.8 Å². The van der Waals surface area contributed by atoms with Gasteiger partial charge in [0.2, 0.25) is 0 Å².